The topological polar surface area (TPSA) is 125 Å². The van der Waals surface area contributed by atoms with Crippen molar-refractivity contribution in [3.63, 3.8) is 0 Å². The zero-order chi connectivity index (χ0) is 34.1. The number of ether oxygens (including phenoxy) is 2. The van der Waals surface area contributed by atoms with Gasteiger partial charge in [0, 0.05) is 17.5 Å². The maximum Gasteiger partial charge on any atom is 0.260 e. The molecule has 2 aliphatic heterocycles. The van der Waals surface area contributed by atoms with E-state index in [1.807, 2.05) is 6.08 Å². The molecule has 2 heterocycles. The molecule has 6 atom stereocenters. The summed E-state index contributed by atoms with van der Waals surface area (Å²) in [6, 6.07) is 15.3. The number of hydrogen-bond donors (Lipinski definition) is 2. The quantitative estimate of drug-likeness (QED) is 0.259. The van der Waals surface area contributed by atoms with Gasteiger partial charge in [0.2, 0.25) is 17.6 Å². The van der Waals surface area contributed by atoms with E-state index in [-0.39, 0.29) is 48.4 Å². The number of nitrogens with one attached hydrogen (secondary N) is 1. The van der Waals surface area contributed by atoms with Gasteiger partial charge in [-0.3, -0.25) is 29.5 Å². The highest BCUT2D eigenvalue weighted by molar-refractivity contribution is 6.30. The van der Waals surface area contributed by atoms with Gasteiger partial charge in [0.25, 0.3) is 11.8 Å². The first-order valence-corrected chi connectivity index (χ1v) is 16.1. The highest BCUT2D eigenvalue weighted by Crippen LogP contribution is 2.64. The second-order valence-corrected chi connectivity index (χ2v) is 13.0. The molecule has 0 spiro atoms. The number of carbonyl (C=O) groups excluding carboxylic acids is 4. The molecule has 2 aliphatic carbocycles. The first-order valence-electron chi connectivity index (χ1n) is 15.7. The molecular weight excluding hydrogens is 641 g/mol. The van der Waals surface area contributed by atoms with Crippen LogP contribution < -0.4 is 14.9 Å². The van der Waals surface area contributed by atoms with Gasteiger partial charge in [0.15, 0.2) is 11.5 Å². The lowest BCUT2D eigenvalue weighted by Gasteiger charge is -2.50. The maximum absolute atomic E-state index is 15.2. The van der Waals surface area contributed by atoms with Crippen LogP contribution in [0.1, 0.15) is 36.8 Å². The molecule has 0 aromatic heterocycles. The molecule has 248 valence electrons. The van der Waals surface area contributed by atoms with Gasteiger partial charge >= 0.3 is 0 Å². The van der Waals surface area contributed by atoms with Gasteiger partial charge < -0.3 is 14.6 Å². The van der Waals surface area contributed by atoms with E-state index in [2.05, 4.69) is 5.43 Å². The minimum Gasteiger partial charge on any atom is -0.502 e. The lowest BCUT2D eigenvalue weighted by molar-refractivity contribution is -0.141. The summed E-state index contributed by atoms with van der Waals surface area (Å²) in [5, 5.41) is 12.3. The fraction of sp³-hybridized carbons (Fsp3) is 0.333. The third-order valence-electron chi connectivity index (χ3n) is 10.5. The van der Waals surface area contributed by atoms with Crippen LogP contribution in [0, 0.1) is 29.5 Å². The molecule has 48 heavy (non-hydrogen) atoms. The number of rotatable bonds is 7. The van der Waals surface area contributed by atoms with Crippen LogP contribution in [0.25, 0.3) is 0 Å². The molecule has 3 aromatic carbocycles. The van der Waals surface area contributed by atoms with Crippen molar-refractivity contribution in [1.29, 1.82) is 0 Å². The Kier molecular flexibility index (Phi) is 7.70. The van der Waals surface area contributed by atoms with E-state index in [9.17, 15) is 23.9 Å². The van der Waals surface area contributed by atoms with Crippen molar-refractivity contribution in [3.8, 4) is 17.2 Å². The normalized spacial score (nSPS) is 27.8. The summed E-state index contributed by atoms with van der Waals surface area (Å²) >= 11 is 6.33. The number of fused-ring (bicyclic) bond motifs is 4. The van der Waals surface area contributed by atoms with Crippen molar-refractivity contribution in [3.05, 3.63) is 94.3 Å². The Hall–Kier alpha value is -4.90. The van der Waals surface area contributed by atoms with Gasteiger partial charge in [0.1, 0.15) is 5.82 Å². The Labute approximate surface area is 281 Å². The van der Waals surface area contributed by atoms with Gasteiger partial charge in [-0.1, -0.05) is 35.4 Å². The van der Waals surface area contributed by atoms with Crippen LogP contribution in [0.2, 0.25) is 5.02 Å². The number of allylic oxidation sites excluding steroid dienone is 2. The first-order chi connectivity index (χ1) is 23.1. The Morgan fingerprint density at radius 3 is 2.19 bits per heavy atom. The number of halogens is 2. The van der Waals surface area contributed by atoms with Crippen LogP contribution in [-0.4, -0.2) is 59.4 Å². The Morgan fingerprint density at radius 1 is 0.938 bits per heavy atom. The van der Waals surface area contributed by atoms with Crippen LogP contribution in [0.5, 0.6) is 17.2 Å². The number of hydrogen-bond acceptors (Lipinski definition) is 8. The number of hydrazine groups is 1. The number of carbonyl (C=O) groups is 4. The van der Waals surface area contributed by atoms with Gasteiger partial charge in [0.05, 0.1) is 43.1 Å². The van der Waals surface area contributed by atoms with E-state index in [1.54, 1.807) is 43.3 Å². The van der Waals surface area contributed by atoms with Gasteiger partial charge in [-0.2, -0.15) is 5.01 Å². The SMILES string of the molecule is CCN1C(=O)[C@H]2[C@H](CC=C3[C@H]2C[C@H]2C(=O)N(Nc4ccc(F)cc4)C(=O)[C@@]2(c2ccc(Cl)cc2)[C@H]3c2cc(OC)c(O)c(OC)c2)C1=O. The van der Waals surface area contributed by atoms with Crippen molar-refractivity contribution < 1.29 is 38.1 Å². The number of benzene rings is 3. The summed E-state index contributed by atoms with van der Waals surface area (Å²) < 4.78 is 24.9. The van der Waals surface area contributed by atoms with Crippen molar-refractivity contribution in [2.45, 2.75) is 31.1 Å². The highest BCUT2D eigenvalue weighted by Gasteiger charge is 2.70. The maximum atomic E-state index is 15.2. The minimum atomic E-state index is -1.58. The summed E-state index contributed by atoms with van der Waals surface area (Å²) in [5.74, 6) is -5.91. The summed E-state index contributed by atoms with van der Waals surface area (Å²) in [6.07, 6.45) is 2.33. The summed E-state index contributed by atoms with van der Waals surface area (Å²) in [7, 11) is 2.79. The van der Waals surface area contributed by atoms with Crippen LogP contribution in [0.3, 0.4) is 0 Å². The van der Waals surface area contributed by atoms with Gasteiger partial charge in [-0.05, 0) is 85.3 Å². The van der Waals surface area contributed by atoms with Crippen LogP contribution in [0.4, 0.5) is 10.1 Å². The molecule has 10 nitrogen and oxygen atoms in total. The van der Waals surface area contributed by atoms with Crippen LogP contribution >= 0.6 is 11.6 Å². The second kappa shape index (κ2) is 11.7. The van der Waals surface area contributed by atoms with Crippen molar-refractivity contribution in [2.24, 2.45) is 23.7 Å². The molecule has 4 amide bonds. The minimum absolute atomic E-state index is 0.0888. The molecule has 3 aromatic rings. The average Bonchev–Trinajstić information content (AvgIpc) is 3.46. The molecule has 1 saturated carbocycles. The number of aromatic hydroxyl groups is 1. The van der Waals surface area contributed by atoms with Crippen molar-refractivity contribution in [1.82, 2.24) is 9.91 Å². The van der Waals surface area contributed by atoms with Crippen LogP contribution in [-0.2, 0) is 24.6 Å². The Morgan fingerprint density at radius 2 is 1.58 bits per heavy atom. The molecule has 12 heteroatoms. The largest absolute Gasteiger partial charge is 0.502 e. The lowest BCUT2D eigenvalue weighted by atomic mass is 9.49. The molecular formula is C36H33ClFN3O7. The van der Waals surface area contributed by atoms with Crippen LogP contribution in [0.15, 0.2) is 72.3 Å². The third kappa shape index (κ3) is 4.43. The number of methoxy groups -OCH3 is 2. The molecule has 2 N–H and O–H groups in total. The molecule has 0 radical (unpaired) electrons. The summed E-state index contributed by atoms with van der Waals surface area (Å²) in [5.41, 5.74) is 3.42. The van der Waals surface area contributed by atoms with Crippen molar-refractivity contribution >= 4 is 40.9 Å². The number of amides is 4. The first kappa shape index (κ1) is 31.7. The van der Waals surface area contributed by atoms with E-state index < -0.39 is 52.6 Å². The summed E-state index contributed by atoms with van der Waals surface area (Å²) in [6.45, 7) is 1.98. The summed E-state index contributed by atoms with van der Waals surface area (Å²) in [4.78, 5) is 58.4. The number of likely N-dealkylation sites (tertiary alicyclic amines) is 1. The zero-order valence-corrected chi connectivity index (χ0v) is 27.2. The van der Waals surface area contributed by atoms with E-state index >= 15 is 4.79 Å². The Bertz CT molecular complexity index is 1860. The smallest absolute Gasteiger partial charge is 0.260 e. The molecule has 2 saturated heterocycles. The van der Waals surface area contributed by atoms with E-state index in [4.69, 9.17) is 21.1 Å². The van der Waals surface area contributed by atoms with E-state index in [0.717, 1.165) is 10.6 Å². The lowest BCUT2D eigenvalue weighted by Crippen LogP contribution is -2.53. The number of phenols is 1. The second-order valence-electron chi connectivity index (χ2n) is 12.6. The number of anilines is 1. The fourth-order valence-corrected chi connectivity index (χ4v) is 8.61. The standard InChI is InChI=1S/C36H33ClFN3O7/c1-4-40-32(43)24-14-13-23-25(29(24)34(40)45)17-26-33(44)41(39-22-11-9-21(38)10-12-22)35(46)36(26,19-5-7-20(37)8-6-19)30(23)18-15-27(47-2)31(42)28(16-18)48-3/h5-13,15-16,24-26,29-30,39,42H,4,14,17H2,1-3H3/t24-,25+,26-,29-,30-,36+/m0/s1. The molecule has 0 unspecified atom stereocenters. The Balaban J connectivity index is 1.50. The molecule has 0 bridgehead atoms. The van der Waals surface area contributed by atoms with E-state index in [1.165, 1.54) is 43.4 Å². The molecule has 7 rings (SSSR count). The van der Waals surface area contributed by atoms with E-state index in [0.29, 0.717) is 21.8 Å². The predicted molar refractivity (Wildman–Crippen MR) is 173 cm³/mol. The average molecular weight is 674 g/mol. The highest BCUT2D eigenvalue weighted by atomic mass is 35.5. The van der Waals surface area contributed by atoms with Crippen molar-refractivity contribution in [2.75, 3.05) is 26.2 Å². The number of phenolic OH excluding ortho intramolecular Hbond substituents is 1. The predicted octanol–water partition coefficient (Wildman–Crippen LogP) is 5.21. The molecule has 4 aliphatic rings. The molecule has 3 fully saturated rings. The third-order valence-corrected chi connectivity index (χ3v) is 10.8. The fourth-order valence-electron chi connectivity index (χ4n) is 8.49. The zero-order valence-electron chi connectivity index (χ0n) is 26.4. The van der Waals surface area contributed by atoms with Gasteiger partial charge in [-0.15, -0.1) is 0 Å². The monoisotopic (exact) mass is 673 g/mol. The number of nitrogens with zero attached hydrogens (tertiary/aromatic N) is 2. The number of imide groups is 2. The van der Waals surface area contributed by atoms with Gasteiger partial charge in [-0.25, -0.2) is 4.39 Å².